The smallest absolute Gasteiger partial charge is 0.407 e. The van der Waals surface area contributed by atoms with Gasteiger partial charge in [0.1, 0.15) is 12.1 Å². The third kappa shape index (κ3) is 7.40. The van der Waals surface area contributed by atoms with Gasteiger partial charge in [-0.3, -0.25) is 9.59 Å². The Morgan fingerprint density at radius 1 is 1.03 bits per heavy atom. The highest BCUT2D eigenvalue weighted by atomic mass is 16.6. The summed E-state index contributed by atoms with van der Waals surface area (Å²) in [6.07, 6.45) is -0.787. The quantitative estimate of drug-likeness (QED) is 0.395. The van der Waals surface area contributed by atoms with Gasteiger partial charge in [0.05, 0.1) is 24.7 Å². The summed E-state index contributed by atoms with van der Waals surface area (Å²) in [5.41, 5.74) is 0.351. The van der Waals surface area contributed by atoms with Crippen LogP contribution in [0.2, 0.25) is 0 Å². The van der Waals surface area contributed by atoms with E-state index < -0.39 is 35.7 Å². The van der Waals surface area contributed by atoms with Gasteiger partial charge in [-0.05, 0) is 45.2 Å². The number of alkyl carbamates (subject to hydrolysis) is 1. The molecule has 0 saturated carbocycles. The summed E-state index contributed by atoms with van der Waals surface area (Å²) in [6, 6.07) is 7.04. The van der Waals surface area contributed by atoms with E-state index in [1.807, 2.05) is 65.0 Å². The Labute approximate surface area is 231 Å². The second-order valence-electron chi connectivity index (χ2n) is 11.7. The van der Waals surface area contributed by atoms with Crippen LogP contribution in [0.5, 0.6) is 0 Å². The number of ether oxygens (including phenoxy) is 1. The largest absolute Gasteiger partial charge is 0.442 e. The predicted octanol–water partition coefficient (Wildman–Crippen LogP) is 1.82. The van der Waals surface area contributed by atoms with Crippen molar-refractivity contribution in [1.82, 2.24) is 31.1 Å². The maximum absolute atomic E-state index is 14.0. The monoisotopic (exact) mass is 544 g/mol. The minimum Gasteiger partial charge on any atom is -0.442 e. The molecule has 39 heavy (non-hydrogen) atoms. The summed E-state index contributed by atoms with van der Waals surface area (Å²) in [5, 5.41) is 11.5. The third-order valence-electron chi connectivity index (χ3n) is 7.30. The van der Waals surface area contributed by atoms with Crippen molar-refractivity contribution in [2.24, 2.45) is 5.41 Å². The summed E-state index contributed by atoms with van der Waals surface area (Å²) < 4.78 is 5.85. The molecule has 0 radical (unpaired) electrons. The van der Waals surface area contributed by atoms with Crippen molar-refractivity contribution in [3.63, 3.8) is 0 Å². The van der Waals surface area contributed by atoms with Crippen LogP contribution in [0.25, 0.3) is 0 Å². The Bertz CT molecular complexity index is 1030. The van der Waals surface area contributed by atoms with Crippen molar-refractivity contribution in [3.8, 4) is 0 Å². The molecule has 2 saturated heterocycles. The van der Waals surface area contributed by atoms with Gasteiger partial charge in [0.15, 0.2) is 0 Å². The number of hydrogen-bond donors (Lipinski definition) is 4. The summed E-state index contributed by atoms with van der Waals surface area (Å²) >= 11 is 0. The van der Waals surface area contributed by atoms with Crippen LogP contribution in [-0.4, -0.2) is 90.2 Å². The number of carbonyl (C=O) groups excluding carboxylic acids is 4. The first-order chi connectivity index (χ1) is 18.3. The lowest BCUT2D eigenvalue weighted by atomic mass is 9.85. The standard InChI is InChI=1S/C28H44N6O5/c1-17(2)31-26(37)34-16-21(39-27(38)30-15-19-11-9-8-10-12-19)22-20(34)13-14-33(22)25(36)23(28(4,5)6)32-24(35)18(3)29-7/h8-12,17-18,20-23,29H,13-16H2,1-7H3,(H,30,38)(H,31,37)(H,32,35). The van der Waals surface area contributed by atoms with E-state index in [2.05, 4.69) is 21.3 Å². The minimum absolute atomic E-state index is 0.0705. The van der Waals surface area contributed by atoms with E-state index in [9.17, 15) is 19.2 Å². The number of urea groups is 1. The van der Waals surface area contributed by atoms with Crippen LogP contribution < -0.4 is 21.3 Å². The number of rotatable bonds is 8. The molecule has 216 valence electrons. The molecule has 0 bridgehead atoms. The number of nitrogens with one attached hydrogen (secondary N) is 4. The first-order valence-electron chi connectivity index (χ1n) is 13.7. The second-order valence-corrected chi connectivity index (χ2v) is 11.7. The van der Waals surface area contributed by atoms with E-state index in [1.165, 1.54) is 0 Å². The van der Waals surface area contributed by atoms with Crippen molar-refractivity contribution < 1.29 is 23.9 Å². The molecule has 4 N–H and O–H groups in total. The summed E-state index contributed by atoms with van der Waals surface area (Å²) in [4.78, 5) is 56.0. The molecule has 5 unspecified atom stereocenters. The normalized spacial score (nSPS) is 22.2. The SMILES string of the molecule is CNC(C)C(=O)NC(C(=O)N1CCC2C1C(OC(=O)NCc1ccccc1)CN2C(=O)NC(C)C)C(C)(C)C. The van der Waals surface area contributed by atoms with Gasteiger partial charge in [0, 0.05) is 19.1 Å². The van der Waals surface area contributed by atoms with Crippen LogP contribution in [0, 0.1) is 5.41 Å². The number of nitrogens with zero attached hydrogens (tertiary/aromatic N) is 2. The Morgan fingerprint density at radius 3 is 2.28 bits per heavy atom. The molecule has 2 aliphatic heterocycles. The van der Waals surface area contributed by atoms with Gasteiger partial charge in [-0.15, -0.1) is 0 Å². The maximum atomic E-state index is 14.0. The zero-order valence-electron chi connectivity index (χ0n) is 24.1. The van der Waals surface area contributed by atoms with Crippen molar-refractivity contribution in [1.29, 1.82) is 0 Å². The Balaban J connectivity index is 1.82. The summed E-state index contributed by atoms with van der Waals surface area (Å²) in [6.45, 7) is 12.0. The number of carbonyl (C=O) groups is 4. The number of fused-ring (bicyclic) bond motifs is 1. The number of likely N-dealkylation sites (N-methyl/N-ethyl adjacent to an activating group) is 1. The highest BCUT2D eigenvalue weighted by molar-refractivity contribution is 5.91. The molecular formula is C28H44N6O5. The lowest BCUT2D eigenvalue weighted by Gasteiger charge is -2.37. The first kappa shape index (κ1) is 30.2. The van der Waals surface area contributed by atoms with E-state index in [4.69, 9.17) is 4.74 Å². The lowest BCUT2D eigenvalue weighted by Crippen LogP contribution is -2.59. The molecule has 11 heteroatoms. The van der Waals surface area contributed by atoms with Crippen LogP contribution in [0.1, 0.15) is 53.5 Å². The van der Waals surface area contributed by atoms with Crippen LogP contribution in [0.4, 0.5) is 9.59 Å². The highest BCUT2D eigenvalue weighted by Crippen LogP contribution is 2.35. The van der Waals surface area contributed by atoms with Crippen LogP contribution in [0.3, 0.4) is 0 Å². The average Bonchev–Trinajstić information content (AvgIpc) is 3.46. The molecule has 5 amide bonds. The van der Waals surface area contributed by atoms with Crippen LogP contribution >= 0.6 is 0 Å². The van der Waals surface area contributed by atoms with Gasteiger partial charge < -0.3 is 35.8 Å². The Hall–Kier alpha value is -3.34. The molecular weight excluding hydrogens is 500 g/mol. The number of benzene rings is 1. The molecule has 5 atom stereocenters. The molecule has 2 fully saturated rings. The fraction of sp³-hybridized carbons (Fsp3) is 0.643. The molecule has 0 aliphatic carbocycles. The van der Waals surface area contributed by atoms with E-state index in [1.54, 1.807) is 23.8 Å². The molecule has 11 nitrogen and oxygen atoms in total. The minimum atomic E-state index is -0.800. The number of likely N-dealkylation sites (tertiary alicyclic amines) is 2. The molecule has 1 aromatic rings. The average molecular weight is 545 g/mol. The predicted molar refractivity (Wildman–Crippen MR) is 148 cm³/mol. The van der Waals surface area contributed by atoms with E-state index in [0.29, 0.717) is 19.5 Å². The summed E-state index contributed by atoms with van der Waals surface area (Å²) in [7, 11) is 1.68. The molecule has 1 aromatic carbocycles. The van der Waals surface area contributed by atoms with Crippen LogP contribution in [-0.2, 0) is 20.9 Å². The Kier molecular flexibility index (Phi) is 9.82. The molecule has 3 rings (SSSR count). The molecule has 0 aromatic heterocycles. The highest BCUT2D eigenvalue weighted by Gasteiger charge is 2.55. The zero-order valence-corrected chi connectivity index (χ0v) is 24.1. The lowest BCUT2D eigenvalue weighted by molar-refractivity contribution is -0.141. The fourth-order valence-electron chi connectivity index (χ4n) is 5.11. The maximum Gasteiger partial charge on any atom is 0.407 e. The molecule has 2 aliphatic rings. The Morgan fingerprint density at radius 2 is 1.69 bits per heavy atom. The van der Waals surface area contributed by atoms with Crippen molar-refractivity contribution in [3.05, 3.63) is 35.9 Å². The van der Waals surface area contributed by atoms with Gasteiger partial charge in [0.25, 0.3) is 0 Å². The fourth-order valence-corrected chi connectivity index (χ4v) is 5.11. The molecule has 2 heterocycles. The van der Waals surface area contributed by atoms with Gasteiger partial charge in [-0.1, -0.05) is 51.1 Å². The van der Waals surface area contributed by atoms with Crippen molar-refractivity contribution in [2.45, 2.75) is 90.8 Å². The van der Waals surface area contributed by atoms with Gasteiger partial charge >= 0.3 is 12.1 Å². The van der Waals surface area contributed by atoms with Gasteiger partial charge in [-0.2, -0.15) is 0 Å². The van der Waals surface area contributed by atoms with E-state index in [-0.39, 0.29) is 36.5 Å². The molecule has 0 spiro atoms. The van der Waals surface area contributed by atoms with Gasteiger partial charge in [-0.25, -0.2) is 9.59 Å². The third-order valence-corrected chi connectivity index (χ3v) is 7.30. The van der Waals surface area contributed by atoms with E-state index in [0.717, 1.165) is 5.56 Å². The van der Waals surface area contributed by atoms with E-state index >= 15 is 0 Å². The van der Waals surface area contributed by atoms with Crippen LogP contribution in [0.15, 0.2) is 30.3 Å². The summed E-state index contributed by atoms with van der Waals surface area (Å²) in [5.74, 6) is -0.532. The first-order valence-corrected chi connectivity index (χ1v) is 13.7. The number of hydrogen-bond acceptors (Lipinski definition) is 6. The number of amides is 5. The topological polar surface area (TPSA) is 132 Å². The second kappa shape index (κ2) is 12.7. The van der Waals surface area contributed by atoms with Gasteiger partial charge in [0.2, 0.25) is 11.8 Å². The zero-order chi connectivity index (χ0) is 28.9. The van der Waals surface area contributed by atoms with Crippen molar-refractivity contribution in [2.75, 3.05) is 20.1 Å². The van der Waals surface area contributed by atoms with Crippen molar-refractivity contribution >= 4 is 23.9 Å².